The highest BCUT2D eigenvalue weighted by Gasteiger charge is 2.22. The SMILES string of the molecule is COC(=O)c1ccc(C(=O)OC2CCC(C)CC2)cc1. The van der Waals surface area contributed by atoms with Gasteiger partial charge in [-0.2, -0.15) is 0 Å². The van der Waals surface area contributed by atoms with Gasteiger partial charge < -0.3 is 9.47 Å². The minimum atomic E-state index is -0.411. The van der Waals surface area contributed by atoms with Crippen LogP contribution in [0, 0.1) is 5.92 Å². The number of carbonyl (C=O) groups is 2. The monoisotopic (exact) mass is 276 g/mol. The molecule has 0 aromatic heterocycles. The first kappa shape index (κ1) is 14.6. The van der Waals surface area contributed by atoms with Crippen LogP contribution < -0.4 is 0 Å². The molecule has 0 unspecified atom stereocenters. The Morgan fingerprint density at radius 1 is 0.950 bits per heavy atom. The van der Waals surface area contributed by atoms with E-state index in [-0.39, 0.29) is 12.1 Å². The maximum absolute atomic E-state index is 12.0. The van der Waals surface area contributed by atoms with Crippen LogP contribution in [-0.2, 0) is 9.47 Å². The van der Waals surface area contributed by atoms with Gasteiger partial charge in [0.15, 0.2) is 0 Å². The molecular formula is C16H20O4. The van der Waals surface area contributed by atoms with Crippen molar-refractivity contribution in [3.63, 3.8) is 0 Å². The van der Waals surface area contributed by atoms with Crippen molar-refractivity contribution in [3.05, 3.63) is 35.4 Å². The summed E-state index contributed by atoms with van der Waals surface area (Å²) in [5, 5.41) is 0. The van der Waals surface area contributed by atoms with Crippen LogP contribution in [0.2, 0.25) is 0 Å². The number of esters is 2. The molecule has 0 aliphatic heterocycles. The highest BCUT2D eigenvalue weighted by Crippen LogP contribution is 2.26. The molecule has 1 aromatic rings. The van der Waals surface area contributed by atoms with E-state index in [2.05, 4.69) is 11.7 Å². The molecule has 2 rings (SSSR count). The summed E-state index contributed by atoms with van der Waals surface area (Å²) >= 11 is 0. The summed E-state index contributed by atoms with van der Waals surface area (Å²) in [6, 6.07) is 6.34. The zero-order valence-corrected chi connectivity index (χ0v) is 11.9. The van der Waals surface area contributed by atoms with Crippen LogP contribution in [0.4, 0.5) is 0 Å². The third-order valence-corrected chi connectivity index (χ3v) is 3.78. The van der Waals surface area contributed by atoms with Crippen molar-refractivity contribution in [2.75, 3.05) is 7.11 Å². The lowest BCUT2D eigenvalue weighted by Gasteiger charge is -2.25. The summed E-state index contributed by atoms with van der Waals surface area (Å²) in [5.74, 6) is -0.00329. The van der Waals surface area contributed by atoms with Gasteiger partial charge in [-0.3, -0.25) is 0 Å². The molecule has 1 fully saturated rings. The van der Waals surface area contributed by atoms with E-state index in [1.54, 1.807) is 24.3 Å². The fourth-order valence-electron chi connectivity index (χ4n) is 2.43. The van der Waals surface area contributed by atoms with E-state index < -0.39 is 5.97 Å². The molecule has 4 nitrogen and oxygen atoms in total. The Labute approximate surface area is 119 Å². The van der Waals surface area contributed by atoms with Gasteiger partial charge in [-0.1, -0.05) is 6.92 Å². The number of rotatable bonds is 3. The lowest BCUT2D eigenvalue weighted by atomic mass is 9.89. The molecule has 1 aliphatic rings. The molecule has 0 spiro atoms. The summed E-state index contributed by atoms with van der Waals surface area (Å²) in [6.07, 6.45) is 4.12. The molecule has 0 radical (unpaired) electrons. The average molecular weight is 276 g/mol. The third-order valence-electron chi connectivity index (χ3n) is 3.78. The van der Waals surface area contributed by atoms with E-state index >= 15 is 0 Å². The van der Waals surface area contributed by atoms with Crippen molar-refractivity contribution in [1.82, 2.24) is 0 Å². The number of ether oxygens (including phenoxy) is 2. The molecule has 0 heterocycles. The number of hydrogen-bond donors (Lipinski definition) is 0. The van der Waals surface area contributed by atoms with E-state index in [1.165, 1.54) is 7.11 Å². The fraction of sp³-hybridized carbons (Fsp3) is 0.500. The number of carbonyl (C=O) groups excluding carboxylic acids is 2. The minimum absolute atomic E-state index is 0.0268. The molecule has 0 bridgehead atoms. The molecule has 1 saturated carbocycles. The molecule has 0 amide bonds. The molecule has 108 valence electrons. The lowest BCUT2D eigenvalue weighted by molar-refractivity contribution is 0.0173. The molecule has 4 heteroatoms. The Morgan fingerprint density at radius 2 is 1.45 bits per heavy atom. The van der Waals surface area contributed by atoms with Crippen molar-refractivity contribution in [2.24, 2.45) is 5.92 Å². The third kappa shape index (κ3) is 3.59. The van der Waals surface area contributed by atoms with Gasteiger partial charge >= 0.3 is 11.9 Å². The second kappa shape index (κ2) is 6.55. The van der Waals surface area contributed by atoms with Crippen molar-refractivity contribution < 1.29 is 19.1 Å². The first-order valence-electron chi connectivity index (χ1n) is 6.99. The average Bonchev–Trinajstić information content (AvgIpc) is 2.49. The van der Waals surface area contributed by atoms with Gasteiger partial charge in [0, 0.05) is 0 Å². The second-order valence-corrected chi connectivity index (χ2v) is 5.36. The first-order chi connectivity index (χ1) is 9.60. The van der Waals surface area contributed by atoms with Crippen LogP contribution in [0.25, 0.3) is 0 Å². The topological polar surface area (TPSA) is 52.6 Å². The highest BCUT2D eigenvalue weighted by atomic mass is 16.5. The summed E-state index contributed by atoms with van der Waals surface area (Å²) in [6.45, 7) is 2.23. The van der Waals surface area contributed by atoms with Crippen LogP contribution in [0.1, 0.15) is 53.3 Å². The quantitative estimate of drug-likeness (QED) is 0.795. The van der Waals surface area contributed by atoms with E-state index in [1.807, 2.05) is 0 Å². The standard InChI is InChI=1S/C16H20O4/c1-11-3-9-14(10-4-11)20-16(18)13-7-5-12(6-8-13)15(17)19-2/h5-8,11,14H,3-4,9-10H2,1-2H3. The van der Waals surface area contributed by atoms with E-state index in [9.17, 15) is 9.59 Å². The zero-order chi connectivity index (χ0) is 14.5. The predicted octanol–water partition coefficient (Wildman–Crippen LogP) is 3.21. The molecule has 0 N–H and O–H groups in total. The Balaban J connectivity index is 1.94. The van der Waals surface area contributed by atoms with Crippen LogP contribution in [0.15, 0.2) is 24.3 Å². The highest BCUT2D eigenvalue weighted by molar-refractivity contribution is 5.93. The molecule has 20 heavy (non-hydrogen) atoms. The van der Waals surface area contributed by atoms with E-state index in [0.29, 0.717) is 11.1 Å². The van der Waals surface area contributed by atoms with Gasteiger partial charge in [-0.15, -0.1) is 0 Å². The van der Waals surface area contributed by atoms with Crippen molar-refractivity contribution in [2.45, 2.75) is 38.7 Å². The van der Waals surface area contributed by atoms with Crippen LogP contribution in [0.3, 0.4) is 0 Å². The van der Waals surface area contributed by atoms with E-state index in [4.69, 9.17) is 4.74 Å². The predicted molar refractivity (Wildman–Crippen MR) is 74.6 cm³/mol. The van der Waals surface area contributed by atoms with Gasteiger partial charge in [0.2, 0.25) is 0 Å². The van der Waals surface area contributed by atoms with Crippen molar-refractivity contribution in [3.8, 4) is 0 Å². The van der Waals surface area contributed by atoms with Gasteiger partial charge in [0.1, 0.15) is 6.10 Å². The van der Waals surface area contributed by atoms with Crippen LogP contribution in [-0.4, -0.2) is 25.2 Å². The molecule has 0 saturated heterocycles. The molecule has 0 atom stereocenters. The smallest absolute Gasteiger partial charge is 0.338 e. The van der Waals surface area contributed by atoms with Crippen molar-refractivity contribution in [1.29, 1.82) is 0 Å². The zero-order valence-electron chi connectivity index (χ0n) is 11.9. The molecular weight excluding hydrogens is 256 g/mol. The Hall–Kier alpha value is -1.84. The van der Waals surface area contributed by atoms with Gasteiger partial charge in [0.25, 0.3) is 0 Å². The molecule has 1 aliphatic carbocycles. The van der Waals surface area contributed by atoms with Crippen molar-refractivity contribution >= 4 is 11.9 Å². The minimum Gasteiger partial charge on any atom is -0.465 e. The number of benzene rings is 1. The second-order valence-electron chi connectivity index (χ2n) is 5.36. The molecule has 1 aromatic carbocycles. The Morgan fingerprint density at radius 3 is 1.95 bits per heavy atom. The Bertz CT molecular complexity index is 470. The largest absolute Gasteiger partial charge is 0.465 e. The first-order valence-corrected chi connectivity index (χ1v) is 6.99. The number of methoxy groups -OCH3 is 1. The van der Waals surface area contributed by atoms with Crippen LogP contribution >= 0.6 is 0 Å². The van der Waals surface area contributed by atoms with Gasteiger partial charge in [0.05, 0.1) is 18.2 Å². The lowest BCUT2D eigenvalue weighted by Crippen LogP contribution is -2.23. The summed E-state index contributed by atoms with van der Waals surface area (Å²) in [4.78, 5) is 23.3. The van der Waals surface area contributed by atoms with Gasteiger partial charge in [-0.05, 0) is 55.9 Å². The fourth-order valence-corrected chi connectivity index (χ4v) is 2.43. The summed E-state index contributed by atoms with van der Waals surface area (Å²) in [7, 11) is 1.33. The van der Waals surface area contributed by atoms with Crippen LogP contribution in [0.5, 0.6) is 0 Å². The normalized spacial score (nSPS) is 22.1. The summed E-state index contributed by atoms with van der Waals surface area (Å²) < 4.78 is 10.1. The Kier molecular flexibility index (Phi) is 4.77. The summed E-state index contributed by atoms with van der Waals surface area (Å²) in [5.41, 5.74) is 0.895. The maximum Gasteiger partial charge on any atom is 0.338 e. The number of hydrogen-bond acceptors (Lipinski definition) is 4. The van der Waals surface area contributed by atoms with E-state index in [0.717, 1.165) is 31.6 Å². The van der Waals surface area contributed by atoms with Gasteiger partial charge in [-0.25, -0.2) is 9.59 Å². The maximum atomic E-state index is 12.0.